The van der Waals surface area contributed by atoms with Gasteiger partial charge in [0.2, 0.25) is 0 Å². The van der Waals surface area contributed by atoms with Gasteiger partial charge in [0.05, 0.1) is 29.6 Å². The Morgan fingerprint density at radius 3 is 2.45 bits per heavy atom. The fraction of sp³-hybridized carbons (Fsp3) is 0.531. The zero-order chi connectivity index (χ0) is 29.3. The molecule has 1 saturated carbocycles. The minimum Gasteiger partial charge on any atom is -0.455 e. The van der Waals surface area contributed by atoms with Crippen LogP contribution in [0.15, 0.2) is 66.3 Å². The number of hydrogen-bond acceptors (Lipinski definition) is 8. The molecule has 0 unspecified atom stereocenters. The van der Waals surface area contributed by atoms with Gasteiger partial charge in [-0.05, 0) is 43.5 Å². The number of allylic oxidation sites excluding steroid dienone is 2. The molecule has 0 radical (unpaired) electrons. The summed E-state index contributed by atoms with van der Waals surface area (Å²) in [7, 11) is 0. The van der Waals surface area contributed by atoms with Crippen molar-refractivity contribution in [2.24, 2.45) is 22.7 Å². The zero-order valence-electron chi connectivity index (χ0n) is 23.7. The molecular formula is C32H38O8. The van der Waals surface area contributed by atoms with Gasteiger partial charge in [-0.2, -0.15) is 0 Å². The third-order valence-corrected chi connectivity index (χ3v) is 9.89. The molecule has 214 valence electrons. The van der Waals surface area contributed by atoms with E-state index in [-0.39, 0.29) is 30.8 Å². The lowest BCUT2D eigenvalue weighted by Gasteiger charge is -2.65. The van der Waals surface area contributed by atoms with Crippen molar-refractivity contribution in [3.8, 4) is 0 Å². The van der Waals surface area contributed by atoms with Crippen molar-refractivity contribution in [2.45, 2.75) is 77.0 Å². The van der Waals surface area contributed by atoms with E-state index in [1.165, 1.54) is 6.92 Å². The first-order chi connectivity index (χ1) is 18.7. The van der Waals surface area contributed by atoms with Crippen LogP contribution in [0.5, 0.6) is 0 Å². The van der Waals surface area contributed by atoms with E-state index < -0.39 is 64.1 Å². The number of hydrogen-bond donors (Lipinski definition) is 2. The number of ketones is 1. The molecule has 4 aliphatic rings. The van der Waals surface area contributed by atoms with Crippen LogP contribution in [0.2, 0.25) is 0 Å². The first-order valence-corrected chi connectivity index (χ1v) is 13.8. The molecule has 1 aliphatic heterocycles. The van der Waals surface area contributed by atoms with Crippen molar-refractivity contribution in [3.05, 3.63) is 71.8 Å². The number of aliphatic hydroxyl groups excluding tert-OH is 1. The topological polar surface area (TPSA) is 119 Å². The highest BCUT2D eigenvalue weighted by Gasteiger charge is 2.74. The van der Waals surface area contributed by atoms with Crippen LogP contribution >= 0.6 is 0 Å². The first kappa shape index (κ1) is 28.5. The van der Waals surface area contributed by atoms with Crippen LogP contribution in [0.25, 0.3) is 0 Å². The van der Waals surface area contributed by atoms with Crippen molar-refractivity contribution in [3.63, 3.8) is 0 Å². The monoisotopic (exact) mass is 550 g/mol. The van der Waals surface area contributed by atoms with Gasteiger partial charge < -0.3 is 24.4 Å². The lowest BCUT2D eigenvalue weighted by Crippen LogP contribution is -2.78. The van der Waals surface area contributed by atoms with Gasteiger partial charge in [-0.1, -0.05) is 50.3 Å². The fourth-order valence-electron chi connectivity index (χ4n) is 7.84. The summed E-state index contributed by atoms with van der Waals surface area (Å²) in [6, 6.07) is 8.39. The highest BCUT2D eigenvalue weighted by Crippen LogP contribution is 2.63. The largest absolute Gasteiger partial charge is 0.455 e. The summed E-state index contributed by atoms with van der Waals surface area (Å²) in [4.78, 5) is 41.0. The number of carbonyl (C=O) groups excluding carboxylic acids is 3. The maximum Gasteiger partial charge on any atom is 0.338 e. The molecule has 3 aliphatic carbocycles. The molecule has 5 rings (SSSR count). The summed E-state index contributed by atoms with van der Waals surface area (Å²) in [5.74, 6) is -3.20. The summed E-state index contributed by atoms with van der Waals surface area (Å²) < 4.78 is 18.1. The van der Waals surface area contributed by atoms with E-state index in [1.54, 1.807) is 62.4 Å². The van der Waals surface area contributed by atoms with E-state index in [0.717, 1.165) is 0 Å². The van der Waals surface area contributed by atoms with Crippen LogP contribution in [0.4, 0.5) is 0 Å². The fourth-order valence-corrected chi connectivity index (χ4v) is 7.84. The summed E-state index contributed by atoms with van der Waals surface area (Å²) >= 11 is 0. The smallest absolute Gasteiger partial charge is 0.338 e. The quantitative estimate of drug-likeness (QED) is 0.421. The van der Waals surface area contributed by atoms with Gasteiger partial charge in [-0.25, -0.2) is 4.79 Å². The van der Waals surface area contributed by atoms with E-state index in [2.05, 4.69) is 6.58 Å². The van der Waals surface area contributed by atoms with Crippen LogP contribution < -0.4 is 0 Å². The highest BCUT2D eigenvalue weighted by molar-refractivity contribution is 5.93. The van der Waals surface area contributed by atoms with Gasteiger partial charge in [0.15, 0.2) is 11.4 Å². The highest BCUT2D eigenvalue weighted by atomic mass is 16.6. The van der Waals surface area contributed by atoms with Crippen molar-refractivity contribution in [2.75, 3.05) is 6.61 Å². The average Bonchev–Trinajstić information content (AvgIpc) is 2.88. The molecule has 0 amide bonds. The molecular weight excluding hydrogens is 512 g/mol. The summed E-state index contributed by atoms with van der Waals surface area (Å²) in [6.07, 6.45) is 2.12. The number of ether oxygens (including phenoxy) is 3. The Kier molecular flexibility index (Phi) is 6.76. The Bertz CT molecular complexity index is 1310. The molecule has 1 heterocycles. The van der Waals surface area contributed by atoms with Gasteiger partial charge >= 0.3 is 11.9 Å². The molecule has 8 nitrogen and oxygen atoms in total. The number of Topliss-reactive ketones (excluding diaryl/α,β-unsaturated/α-hetero) is 1. The van der Waals surface area contributed by atoms with Gasteiger partial charge in [-0.15, -0.1) is 6.58 Å². The third-order valence-electron chi connectivity index (χ3n) is 9.89. The maximum absolute atomic E-state index is 14.8. The Balaban J connectivity index is 1.82. The van der Waals surface area contributed by atoms with Crippen LogP contribution in [0, 0.1) is 22.7 Å². The molecule has 1 saturated heterocycles. The third kappa shape index (κ3) is 3.80. The van der Waals surface area contributed by atoms with Crippen LogP contribution in [0.3, 0.4) is 0 Å². The lowest BCUT2D eigenvalue weighted by molar-refractivity contribution is -0.305. The molecule has 1 aromatic carbocycles. The second kappa shape index (κ2) is 9.50. The molecule has 2 N–H and O–H groups in total. The van der Waals surface area contributed by atoms with Gasteiger partial charge in [-0.3, -0.25) is 9.59 Å². The standard InChI is InChI=1S/C32H38O8/c1-7-11-21-24-18(2)22(34)16-32(37,29(24,4)5)27(39-28(36)20-12-9-8-10-13-20)25-30(6,26(21)35)15-14-23-31(25,17-38-23)40-19(3)33/h7-10,12-15,21-23,25,27,34,37H,1,11,16-17H2,2-6H3/t21-,22+,23-,25+,27+,30-,31+,32-/m1/s1. The number of carbonyl (C=O) groups is 3. The van der Waals surface area contributed by atoms with E-state index >= 15 is 0 Å². The van der Waals surface area contributed by atoms with E-state index in [9.17, 15) is 24.6 Å². The van der Waals surface area contributed by atoms with Crippen LogP contribution in [-0.4, -0.2) is 64.1 Å². The predicted molar refractivity (Wildman–Crippen MR) is 146 cm³/mol. The number of esters is 2. The molecule has 0 spiro atoms. The molecule has 8 heteroatoms. The van der Waals surface area contributed by atoms with Crippen LogP contribution in [0.1, 0.15) is 57.8 Å². The minimum absolute atomic E-state index is 0.0403. The maximum atomic E-state index is 14.8. The SMILES string of the molecule is C=CC[C@H]1C(=O)[C@]2(C)C=C[C@H]3OC[C@@]3(OC(C)=O)[C@H]2[C@H](OC(=O)c2ccccc2)[C@]2(O)C[C@H](O)C(C)=C1C2(C)C. The van der Waals surface area contributed by atoms with Gasteiger partial charge in [0.25, 0.3) is 0 Å². The van der Waals surface area contributed by atoms with E-state index in [4.69, 9.17) is 14.2 Å². The first-order valence-electron chi connectivity index (χ1n) is 13.8. The lowest BCUT2D eigenvalue weighted by atomic mass is 9.45. The zero-order valence-corrected chi connectivity index (χ0v) is 23.7. The van der Waals surface area contributed by atoms with E-state index in [1.807, 2.05) is 13.8 Å². The van der Waals surface area contributed by atoms with Crippen LogP contribution in [-0.2, 0) is 23.8 Å². The van der Waals surface area contributed by atoms with Crippen molar-refractivity contribution < 1.29 is 38.8 Å². The molecule has 8 atom stereocenters. The Hall–Kier alpha value is -3.07. The average molecular weight is 551 g/mol. The summed E-state index contributed by atoms with van der Waals surface area (Å²) in [6.45, 7) is 12.3. The normalized spacial score (nSPS) is 39.6. The number of fused-ring (bicyclic) bond motifs is 5. The summed E-state index contributed by atoms with van der Waals surface area (Å²) in [5, 5.41) is 24.2. The van der Waals surface area contributed by atoms with Crippen molar-refractivity contribution in [1.82, 2.24) is 0 Å². The molecule has 2 bridgehead atoms. The van der Waals surface area contributed by atoms with Gasteiger partial charge in [0.1, 0.15) is 17.8 Å². The predicted octanol–water partition coefficient (Wildman–Crippen LogP) is 3.72. The van der Waals surface area contributed by atoms with Gasteiger partial charge in [0, 0.05) is 24.7 Å². The number of aliphatic hydroxyl groups is 2. The van der Waals surface area contributed by atoms with Crippen molar-refractivity contribution in [1.29, 1.82) is 0 Å². The van der Waals surface area contributed by atoms with Crippen molar-refractivity contribution >= 4 is 17.7 Å². The molecule has 0 aromatic heterocycles. The molecule has 2 fully saturated rings. The molecule has 40 heavy (non-hydrogen) atoms. The second-order valence-electron chi connectivity index (χ2n) is 12.4. The minimum atomic E-state index is -1.85. The number of rotatable bonds is 5. The number of benzene rings is 1. The Morgan fingerprint density at radius 2 is 1.88 bits per heavy atom. The second-order valence-corrected chi connectivity index (χ2v) is 12.4. The molecule has 1 aromatic rings. The summed E-state index contributed by atoms with van der Waals surface area (Å²) in [5.41, 5.74) is -4.19. The Morgan fingerprint density at radius 1 is 1.20 bits per heavy atom. The Labute approximate surface area is 234 Å². The van der Waals surface area contributed by atoms with E-state index in [0.29, 0.717) is 11.1 Å².